The van der Waals surface area contributed by atoms with Gasteiger partial charge in [0.25, 0.3) is 5.90 Å². The van der Waals surface area contributed by atoms with Crippen molar-refractivity contribution in [1.29, 1.82) is 5.41 Å². The quantitative estimate of drug-likeness (QED) is 0.393. The zero-order valence-corrected chi connectivity index (χ0v) is 17.0. The summed E-state index contributed by atoms with van der Waals surface area (Å²) in [6.07, 6.45) is -0.827. The first-order valence-corrected chi connectivity index (χ1v) is 9.48. The Kier molecular flexibility index (Phi) is 7.94. The van der Waals surface area contributed by atoms with Crippen LogP contribution in [0.4, 0.5) is 4.79 Å². The van der Waals surface area contributed by atoms with E-state index in [2.05, 4.69) is 10.1 Å². The molecule has 0 aliphatic rings. The molecule has 0 aliphatic heterocycles. The van der Waals surface area contributed by atoms with E-state index in [4.69, 9.17) is 22.7 Å². The number of carbonyl (C=O) groups is 3. The summed E-state index contributed by atoms with van der Waals surface area (Å²) in [4.78, 5) is 34.0. The molecule has 2 aromatic carbocycles. The van der Waals surface area contributed by atoms with E-state index in [1.165, 1.54) is 6.92 Å². The standard InChI is InChI=1S/C21H22ClN3O5/c1-12(20(27)28)9-17(25-19(26)18(23)30-21(24)29)10-13-5-7-14(8-6-13)15-3-2-4-16(22)11-15/h2-8,11-12,17,23H,9-10H2,1H3,(H2,24,29)(H,25,26)(H,27,28)/t12-,17?/m1/s1. The molecule has 0 bridgehead atoms. The Bertz CT molecular complexity index is 946. The number of primary amides is 1. The third-order valence-corrected chi connectivity index (χ3v) is 4.63. The van der Waals surface area contributed by atoms with E-state index in [1.807, 2.05) is 42.5 Å². The zero-order valence-electron chi connectivity index (χ0n) is 16.2. The minimum atomic E-state index is -1.28. The predicted molar refractivity (Wildman–Crippen MR) is 112 cm³/mol. The Morgan fingerprint density at radius 1 is 1.17 bits per heavy atom. The van der Waals surface area contributed by atoms with Gasteiger partial charge in [0.15, 0.2) is 0 Å². The largest absolute Gasteiger partial charge is 0.481 e. The third kappa shape index (κ3) is 6.89. The number of rotatable bonds is 7. The van der Waals surface area contributed by atoms with Crippen LogP contribution in [0.1, 0.15) is 18.9 Å². The Morgan fingerprint density at radius 3 is 2.40 bits per heavy atom. The van der Waals surface area contributed by atoms with Gasteiger partial charge < -0.3 is 20.9 Å². The lowest BCUT2D eigenvalue weighted by molar-refractivity contribution is -0.141. The molecular formula is C21H22ClN3O5. The highest BCUT2D eigenvalue weighted by Crippen LogP contribution is 2.23. The lowest BCUT2D eigenvalue weighted by Gasteiger charge is -2.21. The Morgan fingerprint density at radius 2 is 1.83 bits per heavy atom. The van der Waals surface area contributed by atoms with E-state index in [0.717, 1.165) is 16.7 Å². The van der Waals surface area contributed by atoms with E-state index < -0.39 is 35.8 Å². The van der Waals surface area contributed by atoms with Gasteiger partial charge in [-0.25, -0.2) is 4.79 Å². The van der Waals surface area contributed by atoms with Crippen LogP contribution < -0.4 is 11.1 Å². The molecule has 0 saturated heterocycles. The molecule has 0 heterocycles. The van der Waals surface area contributed by atoms with Crippen molar-refractivity contribution < 1.29 is 24.2 Å². The molecule has 30 heavy (non-hydrogen) atoms. The number of ether oxygens (including phenoxy) is 1. The van der Waals surface area contributed by atoms with Crippen molar-refractivity contribution in [3.8, 4) is 11.1 Å². The monoisotopic (exact) mass is 431 g/mol. The summed E-state index contributed by atoms with van der Waals surface area (Å²) in [7, 11) is 0. The number of carboxylic acid groups (broad SMARTS) is 1. The third-order valence-electron chi connectivity index (χ3n) is 4.40. The molecule has 0 aromatic heterocycles. The first-order chi connectivity index (χ1) is 14.2. The van der Waals surface area contributed by atoms with Crippen LogP contribution in [0.3, 0.4) is 0 Å². The van der Waals surface area contributed by atoms with Gasteiger partial charge in [0, 0.05) is 11.1 Å². The maximum atomic E-state index is 12.1. The van der Waals surface area contributed by atoms with Gasteiger partial charge >= 0.3 is 18.0 Å². The van der Waals surface area contributed by atoms with Crippen molar-refractivity contribution in [2.75, 3.05) is 0 Å². The maximum Gasteiger partial charge on any atom is 0.411 e. The van der Waals surface area contributed by atoms with E-state index in [-0.39, 0.29) is 6.42 Å². The Hall–Kier alpha value is -3.39. The van der Waals surface area contributed by atoms with Gasteiger partial charge in [-0.15, -0.1) is 0 Å². The second-order valence-corrected chi connectivity index (χ2v) is 7.24. The van der Waals surface area contributed by atoms with E-state index in [0.29, 0.717) is 11.4 Å². The summed E-state index contributed by atoms with van der Waals surface area (Å²) < 4.78 is 4.27. The van der Waals surface area contributed by atoms with Gasteiger partial charge in [-0.05, 0) is 41.7 Å². The Labute approximate surface area is 178 Å². The molecule has 0 saturated carbocycles. The predicted octanol–water partition coefficient (Wildman–Crippen LogP) is 3.22. The van der Waals surface area contributed by atoms with Crippen molar-refractivity contribution in [3.63, 3.8) is 0 Å². The maximum absolute atomic E-state index is 12.1. The SMILES string of the molecule is C[C@H](CC(Cc1ccc(-c2cccc(Cl)c2)cc1)NC(=O)C(=N)OC(N)=O)C(=O)O. The van der Waals surface area contributed by atoms with Gasteiger partial charge in [0.05, 0.1) is 5.92 Å². The van der Waals surface area contributed by atoms with Crippen LogP contribution in [0, 0.1) is 11.3 Å². The molecular weight excluding hydrogens is 410 g/mol. The fraction of sp³-hybridized carbons (Fsp3) is 0.238. The number of nitrogens with two attached hydrogens (primary N) is 1. The molecule has 158 valence electrons. The molecule has 5 N–H and O–H groups in total. The number of hydrogen-bond donors (Lipinski definition) is 4. The average molecular weight is 432 g/mol. The lowest BCUT2D eigenvalue weighted by Crippen LogP contribution is -2.43. The smallest absolute Gasteiger partial charge is 0.411 e. The van der Waals surface area contributed by atoms with Gasteiger partial charge in [-0.1, -0.05) is 54.9 Å². The fourth-order valence-electron chi connectivity index (χ4n) is 2.90. The van der Waals surface area contributed by atoms with Crippen LogP contribution in [0.25, 0.3) is 11.1 Å². The van der Waals surface area contributed by atoms with E-state index >= 15 is 0 Å². The number of hydrogen-bond acceptors (Lipinski definition) is 5. The summed E-state index contributed by atoms with van der Waals surface area (Å²) in [5, 5.41) is 19.8. The summed E-state index contributed by atoms with van der Waals surface area (Å²) in [6.45, 7) is 1.52. The summed E-state index contributed by atoms with van der Waals surface area (Å²) in [6, 6.07) is 14.4. The number of carbonyl (C=O) groups excluding carboxylic acids is 2. The van der Waals surface area contributed by atoms with Crippen molar-refractivity contribution in [3.05, 3.63) is 59.1 Å². The normalized spacial score (nSPS) is 12.5. The average Bonchev–Trinajstić information content (AvgIpc) is 2.67. The molecule has 2 atom stereocenters. The topological polar surface area (TPSA) is 143 Å². The first-order valence-electron chi connectivity index (χ1n) is 9.10. The molecule has 0 spiro atoms. The molecule has 1 unspecified atom stereocenters. The van der Waals surface area contributed by atoms with Gasteiger partial charge in [0.2, 0.25) is 0 Å². The van der Waals surface area contributed by atoms with Crippen molar-refractivity contribution >= 4 is 35.5 Å². The molecule has 2 aromatic rings. The van der Waals surface area contributed by atoms with Crippen LogP contribution in [-0.4, -0.2) is 35.0 Å². The number of halogens is 1. The Balaban J connectivity index is 2.14. The molecule has 0 aliphatic carbocycles. The van der Waals surface area contributed by atoms with Crippen LogP contribution in [0.2, 0.25) is 5.02 Å². The summed E-state index contributed by atoms with van der Waals surface area (Å²) in [5.74, 6) is -3.64. The number of amides is 2. The summed E-state index contributed by atoms with van der Waals surface area (Å²) in [5.41, 5.74) is 7.57. The van der Waals surface area contributed by atoms with Gasteiger partial charge in [-0.2, -0.15) is 0 Å². The molecule has 9 heteroatoms. The zero-order chi connectivity index (χ0) is 22.3. The molecule has 2 rings (SSSR count). The minimum absolute atomic E-state index is 0.126. The fourth-order valence-corrected chi connectivity index (χ4v) is 3.09. The van der Waals surface area contributed by atoms with Crippen LogP contribution >= 0.6 is 11.6 Å². The van der Waals surface area contributed by atoms with Gasteiger partial charge in [0.1, 0.15) is 0 Å². The number of carboxylic acids is 1. The second-order valence-electron chi connectivity index (χ2n) is 6.81. The minimum Gasteiger partial charge on any atom is -0.481 e. The van der Waals surface area contributed by atoms with Crippen LogP contribution in [-0.2, 0) is 20.7 Å². The molecule has 2 amide bonds. The number of aliphatic carboxylic acids is 1. The van der Waals surface area contributed by atoms with E-state index in [9.17, 15) is 19.5 Å². The lowest BCUT2D eigenvalue weighted by atomic mass is 9.95. The summed E-state index contributed by atoms with van der Waals surface area (Å²) >= 11 is 6.03. The highest BCUT2D eigenvalue weighted by Gasteiger charge is 2.23. The molecule has 8 nitrogen and oxygen atoms in total. The molecule has 0 fully saturated rings. The van der Waals surface area contributed by atoms with Crippen LogP contribution in [0.5, 0.6) is 0 Å². The molecule has 0 radical (unpaired) electrons. The highest BCUT2D eigenvalue weighted by molar-refractivity contribution is 6.35. The van der Waals surface area contributed by atoms with Crippen molar-refractivity contribution in [2.24, 2.45) is 11.7 Å². The van der Waals surface area contributed by atoms with Crippen molar-refractivity contribution in [2.45, 2.75) is 25.8 Å². The highest BCUT2D eigenvalue weighted by atomic mass is 35.5. The van der Waals surface area contributed by atoms with Crippen LogP contribution in [0.15, 0.2) is 48.5 Å². The second kappa shape index (κ2) is 10.4. The first kappa shape index (κ1) is 22.9. The van der Waals surface area contributed by atoms with E-state index in [1.54, 1.807) is 6.07 Å². The number of benzene rings is 2. The van der Waals surface area contributed by atoms with Crippen molar-refractivity contribution in [1.82, 2.24) is 5.32 Å². The van der Waals surface area contributed by atoms with Gasteiger partial charge in [-0.3, -0.25) is 15.0 Å². The number of nitrogens with one attached hydrogen (secondary N) is 2.